The Labute approximate surface area is 242 Å². The van der Waals surface area contributed by atoms with Crippen LogP contribution in [-0.2, 0) is 20.8 Å². The number of likely N-dealkylation sites (N-methyl/N-ethyl adjacent to an activating group) is 1. The van der Waals surface area contributed by atoms with E-state index in [1.54, 1.807) is 35.0 Å². The minimum Gasteiger partial charge on any atom is -0.493 e. The minimum absolute atomic E-state index is 0.177. The molecule has 1 fully saturated rings. The van der Waals surface area contributed by atoms with E-state index in [9.17, 15) is 19.2 Å². The summed E-state index contributed by atoms with van der Waals surface area (Å²) in [7, 11) is 1.76. The lowest BCUT2D eigenvalue weighted by Gasteiger charge is -2.31. The monoisotopic (exact) mass is 562 g/mol. The van der Waals surface area contributed by atoms with Crippen LogP contribution in [0.4, 0.5) is 0 Å². The maximum atomic E-state index is 13.6. The van der Waals surface area contributed by atoms with Gasteiger partial charge in [-0.2, -0.15) is 0 Å². The molecular formula is C32H42N4O5. The molecule has 2 aromatic rings. The second-order valence-corrected chi connectivity index (χ2v) is 10.9. The van der Waals surface area contributed by atoms with E-state index in [0.717, 1.165) is 50.5 Å². The van der Waals surface area contributed by atoms with Crippen molar-refractivity contribution in [2.24, 2.45) is 0 Å². The number of rotatable bonds is 3. The second-order valence-electron chi connectivity index (χ2n) is 10.9. The van der Waals surface area contributed by atoms with Crippen LogP contribution in [0.5, 0.6) is 5.75 Å². The van der Waals surface area contributed by atoms with Crippen LogP contribution in [-0.4, -0.2) is 78.8 Å². The summed E-state index contributed by atoms with van der Waals surface area (Å²) < 4.78 is 5.95. The molecule has 9 nitrogen and oxygen atoms in total. The number of ether oxygens (including phenoxy) is 1. The zero-order valence-corrected chi connectivity index (χ0v) is 24.0. The Hall–Kier alpha value is -3.88. The van der Waals surface area contributed by atoms with Crippen molar-refractivity contribution in [3.05, 3.63) is 65.7 Å². The average molecular weight is 563 g/mol. The van der Waals surface area contributed by atoms with Gasteiger partial charge in [0.1, 0.15) is 17.8 Å². The van der Waals surface area contributed by atoms with E-state index in [0.29, 0.717) is 44.0 Å². The highest BCUT2D eigenvalue weighted by Gasteiger charge is 2.32. The van der Waals surface area contributed by atoms with Crippen LogP contribution >= 0.6 is 0 Å². The van der Waals surface area contributed by atoms with Crippen LogP contribution < -0.4 is 15.4 Å². The predicted octanol–water partition coefficient (Wildman–Crippen LogP) is 3.33. The van der Waals surface area contributed by atoms with Gasteiger partial charge in [0.05, 0.1) is 18.6 Å². The van der Waals surface area contributed by atoms with Gasteiger partial charge >= 0.3 is 0 Å². The Bertz CT molecular complexity index is 1180. The number of fused-ring (bicyclic) bond motifs is 1. The summed E-state index contributed by atoms with van der Waals surface area (Å²) in [5.74, 6) is -0.948. The molecule has 4 amide bonds. The molecule has 0 aromatic heterocycles. The third-order valence-corrected chi connectivity index (χ3v) is 7.73. The largest absolute Gasteiger partial charge is 0.493 e. The number of hydrogen-bond acceptors (Lipinski definition) is 5. The number of para-hydroxylation sites is 1. The Kier molecular flexibility index (Phi) is 11.2. The number of nitrogens with zero attached hydrogens (tertiary/aromatic N) is 2. The molecule has 1 saturated heterocycles. The first-order chi connectivity index (χ1) is 19.9. The molecule has 4 rings (SSSR count). The molecule has 0 unspecified atom stereocenters. The molecule has 2 atom stereocenters. The van der Waals surface area contributed by atoms with Gasteiger partial charge in [-0.25, -0.2) is 0 Å². The summed E-state index contributed by atoms with van der Waals surface area (Å²) in [4.78, 5) is 57.4. The summed E-state index contributed by atoms with van der Waals surface area (Å²) in [5.41, 5.74) is 1.25. The van der Waals surface area contributed by atoms with E-state index >= 15 is 0 Å². The molecule has 2 aliphatic heterocycles. The van der Waals surface area contributed by atoms with Crippen LogP contribution in [0.1, 0.15) is 67.3 Å². The number of benzene rings is 2. The molecular weight excluding hydrogens is 520 g/mol. The first-order valence-corrected chi connectivity index (χ1v) is 14.8. The van der Waals surface area contributed by atoms with Gasteiger partial charge in [0, 0.05) is 33.1 Å². The molecule has 220 valence electrons. The zero-order valence-electron chi connectivity index (χ0n) is 24.0. The van der Waals surface area contributed by atoms with Crippen molar-refractivity contribution in [1.82, 2.24) is 20.4 Å². The molecule has 9 heteroatoms. The summed E-state index contributed by atoms with van der Waals surface area (Å²) in [6.07, 6.45) is 6.37. The molecule has 2 heterocycles. The van der Waals surface area contributed by atoms with Crippen molar-refractivity contribution in [2.45, 2.75) is 69.9 Å². The third kappa shape index (κ3) is 8.80. The Morgan fingerprint density at radius 2 is 1.49 bits per heavy atom. The first kappa shape index (κ1) is 30.1. The molecule has 0 saturated carbocycles. The van der Waals surface area contributed by atoms with Crippen molar-refractivity contribution in [2.75, 3.05) is 33.3 Å². The predicted molar refractivity (Wildman–Crippen MR) is 156 cm³/mol. The fraction of sp³-hybridized carbons (Fsp3) is 0.500. The first-order valence-electron chi connectivity index (χ1n) is 14.8. The van der Waals surface area contributed by atoms with Crippen LogP contribution in [0.3, 0.4) is 0 Å². The minimum atomic E-state index is -1.07. The van der Waals surface area contributed by atoms with E-state index in [1.165, 1.54) is 0 Å². The van der Waals surface area contributed by atoms with Crippen molar-refractivity contribution < 1.29 is 23.9 Å². The molecule has 41 heavy (non-hydrogen) atoms. The van der Waals surface area contributed by atoms with Gasteiger partial charge in [0.25, 0.3) is 5.91 Å². The van der Waals surface area contributed by atoms with Crippen molar-refractivity contribution in [3.8, 4) is 5.75 Å². The number of carbonyl (C=O) groups is 4. The second kappa shape index (κ2) is 15.2. The number of carbonyl (C=O) groups excluding carboxylic acids is 4. The number of piperidine rings is 1. The third-order valence-electron chi connectivity index (χ3n) is 7.73. The number of likely N-dealkylation sites (tertiary alicyclic amines) is 1. The zero-order chi connectivity index (χ0) is 29.0. The topological polar surface area (TPSA) is 108 Å². The van der Waals surface area contributed by atoms with Crippen molar-refractivity contribution >= 4 is 23.6 Å². The van der Waals surface area contributed by atoms with Gasteiger partial charge in [0.15, 0.2) is 0 Å². The quantitative estimate of drug-likeness (QED) is 0.597. The van der Waals surface area contributed by atoms with Gasteiger partial charge in [-0.1, -0.05) is 55.3 Å². The number of amides is 4. The molecule has 2 aliphatic rings. The van der Waals surface area contributed by atoms with E-state index in [2.05, 4.69) is 10.6 Å². The average Bonchev–Trinajstić information content (AvgIpc) is 2.99. The van der Waals surface area contributed by atoms with Crippen LogP contribution in [0.25, 0.3) is 0 Å². The summed E-state index contributed by atoms with van der Waals surface area (Å²) >= 11 is 0. The number of hydrogen-bond donors (Lipinski definition) is 2. The summed E-state index contributed by atoms with van der Waals surface area (Å²) in [6.45, 7) is 2.21. The molecule has 0 spiro atoms. The Balaban J connectivity index is 1.60. The van der Waals surface area contributed by atoms with Gasteiger partial charge in [0.2, 0.25) is 17.7 Å². The van der Waals surface area contributed by atoms with Crippen molar-refractivity contribution in [3.63, 3.8) is 0 Å². The molecule has 0 aliphatic carbocycles. The van der Waals surface area contributed by atoms with E-state index in [-0.39, 0.29) is 18.2 Å². The van der Waals surface area contributed by atoms with Gasteiger partial charge in [-0.3, -0.25) is 19.2 Å². The van der Waals surface area contributed by atoms with Crippen LogP contribution in [0.2, 0.25) is 0 Å². The maximum absolute atomic E-state index is 13.6. The highest BCUT2D eigenvalue weighted by Crippen LogP contribution is 2.20. The Morgan fingerprint density at radius 3 is 2.27 bits per heavy atom. The number of nitrogens with one attached hydrogen (secondary N) is 2. The smallest absolute Gasteiger partial charge is 0.255 e. The lowest BCUT2D eigenvalue weighted by atomic mass is 10.0. The molecule has 2 N–H and O–H groups in total. The standard InChI is InChI=1S/C32H42N4O5/c1-35-18-10-2-3-13-21-41-28-17-9-8-16-25(28)30(38)34-27(32(40)36-19-11-5-12-20-36)23-29(37)33-26(31(35)39)22-24-14-6-4-7-15-24/h4,6-9,14-17,26-27H,2-3,5,10-13,18-23H2,1H3,(H,33,37)(H,34,38)/t26-,27-/m0/s1. The van der Waals surface area contributed by atoms with E-state index in [4.69, 9.17) is 4.74 Å². The van der Waals surface area contributed by atoms with Crippen LogP contribution in [0, 0.1) is 0 Å². The fourth-order valence-corrected chi connectivity index (χ4v) is 5.40. The Morgan fingerprint density at radius 1 is 0.829 bits per heavy atom. The van der Waals surface area contributed by atoms with Crippen LogP contribution in [0.15, 0.2) is 54.6 Å². The van der Waals surface area contributed by atoms with E-state index < -0.39 is 23.9 Å². The SMILES string of the molecule is CN1CCCCCCOc2ccccc2C(=O)N[C@H](C(=O)N2CCCCC2)CC(=O)N[C@@H](Cc2ccccc2)C1=O. The molecule has 2 aromatic carbocycles. The molecule has 0 bridgehead atoms. The highest BCUT2D eigenvalue weighted by atomic mass is 16.5. The lowest BCUT2D eigenvalue weighted by Crippen LogP contribution is -2.54. The molecule has 0 radical (unpaired) electrons. The maximum Gasteiger partial charge on any atom is 0.255 e. The normalized spacial score (nSPS) is 21.9. The highest BCUT2D eigenvalue weighted by molar-refractivity contribution is 6.01. The fourth-order valence-electron chi connectivity index (χ4n) is 5.40. The van der Waals surface area contributed by atoms with Crippen molar-refractivity contribution in [1.29, 1.82) is 0 Å². The van der Waals surface area contributed by atoms with Gasteiger partial charge in [-0.05, 0) is 49.8 Å². The lowest BCUT2D eigenvalue weighted by molar-refractivity contribution is -0.138. The summed E-state index contributed by atoms with van der Waals surface area (Å²) in [5, 5.41) is 5.72. The van der Waals surface area contributed by atoms with Gasteiger partial charge < -0.3 is 25.2 Å². The van der Waals surface area contributed by atoms with Gasteiger partial charge in [-0.15, -0.1) is 0 Å². The summed E-state index contributed by atoms with van der Waals surface area (Å²) in [6, 6.07) is 14.7. The van der Waals surface area contributed by atoms with E-state index in [1.807, 2.05) is 36.4 Å².